The molecule has 0 aliphatic carbocycles. The fourth-order valence-electron chi connectivity index (χ4n) is 3.57. The number of benzene rings is 2. The summed E-state index contributed by atoms with van der Waals surface area (Å²) in [5.41, 5.74) is 8.00. The first-order chi connectivity index (χ1) is 15.8. The molecular weight excluding hydrogens is 438 g/mol. The molecule has 4 aromatic rings. The van der Waals surface area contributed by atoms with Gasteiger partial charge in [-0.2, -0.15) is 5.26 Å². The minimum absolute atomic E-state index is 0.0390. The summed E-state index contributed by atoms with van der Waals surface area (Å²) in [4.78, 5) is 23.2. The summed E-state index contributed by atoms with van der Waals surface area (Å²) in [6.07, 6.45) is 4.09. The quantitative estimate of drug-likeness (QED) is 0.486. The highest BCUT2D eigenvalue weighted by Crippen LogP contribution is 2.29. The Morgan fingerprint density at radius 1 is 1.12 bits per heavy atom. The highest BCUT2D eigenvalue weighted by molar-refractivity contribution is 7.90. The van der Waals surface area contributed by atoms with Gasteiger partial charge in [-0.15, -0.1) is 0 Å². The molecule has 0 radical (unpaired) electrons. The Balaban J connectivity index is 1.85. The number of amides is 1. The Morgan fingerprint density at radius 3 is 2.61 bits per heavy atom. The van der Waals surface area contributed by atoms with Crippen LogP contribution in [0.3, 0.4) is 0 Å². The lowest BCUT2D eigenvalue weighted by Crippen LogP contribution is -2.31. The van der Waals surface area contributed by atoms with E-state index in [0.717, 1.165) is 6.26 Å². The Hall–Kier alpha value is -4.29. The van der Waals surface area contributed by atoms with Crippen molar-refractivity contribution in [1.82, 2.24) is 9.97 Å². The first kappa shape index (κ1) is 21.9. The summed E-state index contributed by atoms with van der Waals surface area (Å²) in [5, 5.41) is 10.0. The maximum Gasteiger partial charge on any atom is 0.260 e. The predicted octanol–water partition coefficient (Wildman–Crippen LogP) is 3.33. The number of para-hydroxylation sites is 1. The Bertz CT molecular complexity index is 1510. The molecule has 0 saturated carbocycles. The average Bonchev–Trinajstić information content (AvgIpc) is 2.81. The van der Waals surface area contributed by atoms with E-state index in [2.05, 4.69) is 16.0 Å². The number of hydrogen-bond donors (Lipinski definition) is 1. The zero-order valence-electron chi connectivity index (χ0n) is 17.6. The lowest BCUT2D eigenvalue weighted by atomic mass is 10.1. The minimum Gasteiger partial charge on any atom is -0.384 e. The van der Waals surface area contributed by atoms with E-state index in [0.29, 0.717) is 27.6 Å². The lowest BCUT2D eigenvalue weighted by molar-refractivity contribution is 0.0984. The number of aromatic nitrogens is 2. The molecule has 0 unspecified atom stereocenters. The van der Waals surface area contributed by atoms with Crippen molar-refractivity contribution in [2.75, 3.05) is 16.9 Å². The second kappa shape index (κ2) is 8.68. The van der Waals surface area contributed by atoms with E-state index in [4.69, 9.17) is 5.73 Å². The second-order valence-electron chi connectivity index (χ2n) is 7.43. The van der Waals surface area contributed by atoms with Crippen molar-refractivity contribution < 1.29 is 13.2 Å². The van der Waals surface area contributed by atoms with Crippen molar-refractivity contribution in [3.63, 3.8) is 0 Å². The van der Waals surface area contributed by atoms with Gasteiger partial charge in [0.15, 0.2) is 9.84 Å². The number of nitriles is 1. The molecule has 0 aliphatic rings. The van der Waals surface area contributed by atoms with Gasteiger partial charge in [0.2, 0.25) is 0 Å². The van der Waals surface area contributed by atoms with Gasteiger partial charge in [-0.1, -0.05) is 24.3 Å². The van der Waals surface area contributed by atoms with Crippen molar-refractivity contribution in [3.05, 3.63) is 89.7 Å². The largest absolute Gasteiger partial charge is 0.384 e. The molecule has 1 amide bonds. The summed E-state index contributed by atoms with van der Waals surface area (Å²) in [6, 6.07) is 18.5. The predicted molar refractivity (Wildman–Crippen MR) is 125 cm³/mol. The number of sulfone groups is 1. The Kier molecular flexibility index (Phi) is 5.77. The third-order valence-corrected chi connectivity index (χ3v) is 6.21. The highest BCUT2D eigenvalue weighted by Gasteiger charge is 2.24. The molecule has 0 bridgehead atoms. The van der Waals surface area contributed by atoms with Gasteiger partial charge >= 0.3 is 0 Å². The van der Waals surface area contributed by atoms with E-state index in [9.17, 15) is 18.5 Å². The molecule has 9 heteroatoms. The van der Waals surface area contributed by atoms with Crippen molar-refractivity contribution in [1.29, 1.82) is 5.26 Å². The van der Waals surface area contributed by atoms with Crippen LogP contribution in [0, 0.1) is 11.3 Å². The van der Waals surface area contributed by atoms with Gasteiger partial charge < -0.3 is 10.6 Å². The van der Waals surface area contributed by atoms with Gasteiger partial charge in [0.05, 0.1) is 39.8 Å². The molecule has 2 aromatic carbocycles. The van der Waals surface area contributed by atoms with Crippen molar-refractivity contribution in [2.45, 2.75) is 11.4 Å². The zero-order valence-corrected chi connectivity index (χ0v) is 18.5. The summed E-state index contributed by atoms with van der Waals surface area (Å²) >= 11 is 0. The molecule has 33 heavy (non-hydrogen) atoms. The summed E-state index contributed by atoms with van der Waals surface area (Å²) in [7, 11) is -3.61. The number of nitrogens with zero attached hydrogens (tertiary/aromatic N) is 4. The fraction of sp³-hybridized carbons (Fsp3) is 0.0833. The van der Waals surface area contributed by atoms with Gasteiger partial charge in [0.1, 0.15) is 5.82 Å². The van der Waals surface area contributed by atoms with Crippen LogP contribution in [0.2, 0.25) is 0 Å². The number of rotatable bonds is 5. The van der Waals surface area contributed by atoms with Gasteiger partial charge in [0, 0.05) is 24.0 Å². The number of anilines is 2. The topological polar surface area (TPSA) is 130 Å². The summed E-state index contributed by atoms with van der Waals surface area (Å²) in [6.45, 7) is 0.0641. The van der Waals surface area contributed by atoms with E-state index < -0.39 is 15.7 Å². The minimum atomic E-state index is -3.61. The molecule has 0 spiro atoms. The van der Waals surface area contributed by atoms with Crippen LogP contribution in [0.5, 0.6) is 0 Å². The van der Waals surface area contributed by atoms with E-state index in [-0.39, 0.29) is 22.9 Å². The molecule has 0 saturated heterocycles. The van der Waals surface area contributed by atoms with E-state index >= 15 is 0 Å². The number of fused-ring (bicyclic) bond motifs is 1. The molecule has 0 atom stereocenters. The molecular formula is C24H19N5O3S. The van der Waals surface area contributed by atoms with Crippen LogP contribution in [0.15, 0.2) is 78.0 Å². The third-order valence-electron chi connectivity index (χ3n) is 5.06. The smallest absolute Gasteiger partial charge is 0.260 e. The molecule has 4 rings (SSSR count). The molecule has 0 fully saturated rings. The number of nitrogen functional groups attached to an aromatic ring is 1. The molecule has 2 aromatic heterocycles. The van der Waals surface area contributed by atoms with Crippen LogP contribution >= 0.6 is 0 Å². The lowest BCUT2D eigenvalue weighted by Gasteiger charge is -2.25. The maximum atomic E-state index is 13.5. The van der Waals surface area contributed by atoms with E-state index in [1.54, 1.807) is 54.7 Å². The molecule has 0 aliphatic heterocycles. The van der Waals surface area contributed by atoms with Gasteiger partial charge in [-0.25, -0.2) is 13.4 Å². The zero-order chi connectivity index (χ0) is 23.6. The molecule has 2 heterocycles. The Morgan fingerprint density at radius 2 is 1.91 bits per heavy atom. The fourth-order valence-corrected chi connectivity index (χ4v) is 4.46. The summed E-state index contributed by atoms with van der Waals surface area (Å²) in [5.74, 6) is -0.195. The molecule has 8 nitrogen and oxygen atoms in total. The molecule has 2 N–H and O–H groups in total. The maximum absolute atomic E-state index is 13.5. The van der Waals surface area contributed by atoms with Gasteiger partial charge in [-0.3, -0.25) is 9.78 Å². The van der Waals surface area contributed by atoms with Crippen LogP contribution in [-0.4, -0.2) is 30.5 Å². The van der Waals surface area contributed by atoms with Gasteiger partial charge in [0.25, 0.3) is 5.91 Å². The Labute approximate surface area is 190 Å². The van der Waals surface area contributed by atoms with E-state index in [1.807, 2.05) is 0 Å². The first-order valence-electron chi connectivity index (χ1n) is 9.88. The number of hydrogen-bond acceptors (Lipinski definition) is 7. The SMILES string of the molecule is CS(=O)(=O)c1ccccc1N(Cc1ccc2c(C#N)cc(N)nc2c1)C(=O)c1cccnc1. The number of nitrogens with two attached hydrogens (primary N) is 1. The third kappa shape index (κ3) is 4.51. The normalized spacial score (nSPS) is 11.2. The standard InChI is InChI=1S/C24H19N5O3S/c1-33(31,32)22-7-3-2-6-21(22)29(24(30)17-5-4-10-27-14-17)15-16-8-9-19-18(13-25)12-23(26)28-20(19)11-16/h2-12,14H,15H2,1H3,(H2,26,28). The number of carbonyl (C=O) groups is 1. The van der Waals surface area contributed by atoms with Crippen molar-refractivity contribution >= 4 is 38.2 Å². The van der Waals surface area contributed by atoms with Gasteiger partial charge in [-0.05, 0) is 42.0 Å². The van der Waals surface area contributed by atoms with Crippen LogP contribution < -0.4 is 10.6 Å². The van der Waals surface area contributed by atoms with E-state index in [1.165, 1.54) is 23.2 Å². The first-order valence-corrected chi connectivity index (χ1v) is 11.8. The number of pyridine rings is 2. The number of carbonyl (C=O) groups excluding carboxylic acids is 1. The van der Waals surface area contributed by atoms with Crippen LogP contribution in [-0.2, 0) is 16.4 Å². The summed E-state index contributed by atoms with van der Waals surface area (Å²) < 4.78 is 24.9. The van der Waals surface area contributed by atoms with Crippen molar-refractivity contribution in [2.24, 2.45) is 0 Å². The van der Waals surface area contributed by atoms with Crippen molar-refractivity contribution in [3.8, 4) is 6.07 Å². The van der Waals surface area contributed by atoms with Crippen LogP contribution in [0.1, 0.15) is 21.5 Å². The van der Waals surface area contributed by atoms with Crippen LogP contribution in [0.4, 0.5) is 11.5 Å². The monoisotopic (exact) mass is 457 g/mol. The average molecular weight is 458 g/mol. The highest BCUT2D eigenvalue weighted by atomic mass is 32.2. The van der Waals surface area contributed by atoms with Crippen LogP contribution in [0.25, 0.3) is 10.9 Å². The molecule has 164 valence electrons. The second-order valence-corrected chi connectivity index (χ2v) is 9.42.